The highest BCUT2D eigenvalue weighted by Gasteiger charge is 2.16. The first-order chi connectivity index (χ1) is 9.76. The van der Waals surface area contributed by atoms with Crippen LogP contribution < -0.4 is 10.6 Å². The van der Waals surface area contributed by atoms with Crippen LogP contribution in [0.4, 0.5) is 4.79 Å². The van der Waals surface area contributed by atoms with Gasteiger partial charge >= 0.3 is 12.0 Å². The highest BCUT2D eigenvalue weighted by Crippen LogP contribution is 2.14. The Morgan fingerprint density at radius 3 is 2.29 bits per heavy atom. The van der Waals surface area contributed by atoms with E-state index < -0.39 is 12.0 Å². The number of carbonyl (C=O) groups is 3. The summed E-state index contributed by atoms with van der Waals surface area (Å²) in [6.45, 7) is 6.66. The largest absolute Gasteiger partial charge is 0.481 e. The van der Waals surface area contributed by atoms with E-state index in [4.69, 9.17) is 5.11 Å². The molecule has 0 rings (SSSR count). The molecule has 0 aromatic heterocycles. The Morgan fingerprint density at radius 2 is 1.81 bits per heavy atom. The van der Waals surface area contributed by atoms with Crippen LogP contribution in [0.1, 0.15) is 33.6 Å². The number of carboxylic acid groups (broad SMARTS) is 1. The van der Waals surface area contributed by atoms with Crippen LogP contribution in [0.15, 0.2) is 0 Å². The molecule has 1 atom stereocenters. The fourth-order valence-electron chi connectivity index (χ4n) is 1.92. The lowest BCUT2D eigenvalue weighted by Crippen LogP contribution is -2.44. The number of hydrogen-bond acceptors (Lipinski definition) is 3. The van der Waals surface area contributed by atoms with Crippen LogP contribution in [-0.4, -0.2) is 54.6 Å². The molecular formula is C14H27N3O4. The van der Waals surface area contributed by atoms with Gasteiger partial charge in [-0.1, -0.05) is 13.8 Å². The number of urea groups is 1. The lowest BCUT2D eigenvalue weighted by Gasteiger charge is -2.18. The average Bonchev–Trinajstić information content (AvgIpc) is 2.39. The van der Waals surface area contributed by atoms with Gasteiger partial charge in [-0.15, -0.1) is 0 Å². The highest BCUT2D eigenvalue weighted by molar-refractivity contribution is 5.83. The van der Waals surface area contributed by atoms with Gasteiger partial charge in [0.15, 0.2) is 0 Å². The zero-order chi connectivity index (χ0) is 16.4. The van der Waals surface area contributed by atoms with Crippen molar-refractivity contribution >= 4 is 17.9 Å². The number of aliphatic carboxylic acids is 1. The zero-order valence-corrected chi connectivity index (χ0v) is 13.3. The maximum atomic E-state index is 11.6. The minimum absolute atomic E-state index is 0.0238. The quantitative estimate of drug-likeness (QED) is 0.589. The standard InChI is InChI=1S/C14H27N3O4/c1-5-17(4)12(18)9-16-14(21)15-8-11(6-10(2)3)7-13(19)20/h10-11H,5-9H2,1-4H3,(H,19,20)(H2,15,16,21)/t11-/m0/s1. The molecule has 0 saturated heterocycles. The van der Waals surface area contributed by atoms with E-state index in [9.17, 15) is 14.4 Å². The smallest absolute Gasteiger partial charge is 0.315 e. The number of nitrogens with zero attached hydrogens (tertiary/aromatic N) is 1. The highest BCUT2D eigenvalue weighted by atomic mass is 16.4. The van der Waals surface area contributed by atoms with Crippen molar-refractivity contribution in [2.75, 3.05) is 26.7 Å². The van der Waals surface area contributed by atoms with Gasteiger partial charge in [0.05, 0.1) is 6.54 Å². The first kappa shape index (κ1) is 19.2. The second-order valence-corrected chi connectivity index (χ2v) is 5.56. The molecule has 122 valence electrons. The summed E-state index contributed by atoms with van der Waals surface area (Å²) in [6, 6.07) is -0.452. The molecule has 7 heteroatoms. The van der Waals surface area contributed by atoms with Crippen LogP contribution in [0.5, 0.6) is 0 Å². The summed E-state index contributed by atoms with van der Waals surface area (Å²) in [6.07, 6.45) is 0.750. The zero-order valence-electron chi connectivity index (χ0n) is 13.3. The van der Waals surface area contributed by atoms with Crippen molar-refractivity contribution in [3.05, 3.63) is 0 Å². The summed E-state index contributed by atoms with van der Waals surface area (Å²) in [7, 11) is 1.66. The van der Waals surface area contributed by atoms with E-state index in [1.807, 2.05) is 20.8 Å². The van der Waals surface area contributed by atoms with E-state index in [0.717, 1.165) is 6.42 Å². The summed E-state index contributed by atoms with van der Waals surface area (Å²) in [5.41, 5.74) is 0. The molecule has 0 aromatic carbocycles. The molecule has 0 radical (unpaired) electrons. The lowest BCUT2D eigenvalue weighted by molar-refractivity contribution is -0.138. The fraction of sp³-hybridized carbons (Fsp3) is 0.786. The maximum Gasteiger partial charge on any atom is 0.315 e. The number of nitrogens with one attached hydrogen (secondary N) is 2. The second kappa shape index (κ2) is 10.0. The molecule has 0 aliphatic heterocycles. The van der Waals surface area contributed by atoms with E-state index in [-0.39, 0.29) is 31.3 Å². The molecule has 3 amide bonds. The van der Waals surface area contributed by atoms with E-state index in [2.05, 4.69) is 10.6 Å². The molecule has 0 unspecified atom stereocenters. The van der Waals surface area contributed by atoms with Crippen molar-refractivity contribution < 1.29 is 19.5 Å². The van der Waals surface area contributed by atoms with Gasteiger partial charge in [-0.05, 0) is 25.2 Å². The molecule has 0 aromatic rings. The lowest BCUT2D eigenvalue weighted by atomic mass is 9.94. The molecule has 0 spiro atoms. The van der Waals surface area contributed by atoms with Crippen LogP contribution in [0.2, 0.25) is 0 Å². The Labute approximate surface area is 126 Å². The third-order valence-corrected chi connectivity index (χ3v) is 3.12. The minimum Gasteiger partial charge on any atom is -0.481 e. The van der Waals surface area contributed by atoms with Gasteiger partial charge in [-0.2, -0.15) is 0 Å². The number of hydrogen-bond donors (Lipinski definition) is 3. The molecule has 3 N–H and O–H groups in total. The van der Waals surface area contributed by atoms with Crippen molar-refractivity contribution in [2.45, 2.75) is 33.6 Å². The van der Waals surface area contributed by atoms with Crippen molar-refractivity contribution in [2.24, 2.45) is 11.8 Å². The molecule has 0 saturated carbocycles. The number of carbonyl (C=O) groups excluding carboxylic acids is 2. The van der Waals surface area contributed by atoms with Gasteiger partial charge in [0.2, 0.25) is 5.91 Å². The van der Waals surface area contributed by atoms with Crippen LogP contribution in [0.3, 0.4) is 0 Å². The molecule has 7 nitrogen and oxygen atoms in total. The first-order valence-corrected chi connectivity index (χ1v) is 7.23. The summed E-state index contributed by atoms with van der Waals surface area (Å²) in [4.78, 5) is 35.4. The predicted octanol–water partition coefficient (Wildman–Crippen LogP) is 0.901. The maximum absolute atomic E-state index is 11.6. The average molecular weight is 301 g/mol. The molecule has 0 fully saturated rings. The second-order valence-electron chi connectivity index (χ2n) is 5.56. The predicted molar refractivity (Wildman–Crippen MR) is 79.9 cm³/mol. The molecule has 0 aliphatic carbocycles. The van der Waals surface area contributed by atoms with Crippen molar-refractivity contribution in [3.63, 3.8) is 0 Å². The van der Waals surface area contributed by atoms with E-state index in [1.54, 1.807) is 7.05 Å². The summed E-state index contributed by atoms with van der Waals surface area (Å²) >= 11 is 0. The van der Waals surface area contributed by atoms with Gasteiger partial charge < -0.3 is 20.6 Å². The van der Waals surface area contributed by atoms with Gasteiger partial charge in [-0.25, -0.2) is 4.79 Å². The molecule has 21 heavy (non-hydrogen) atoms. The van der Waals surface area contributed by atoms with Gasteiger partial charge in [0.25, 0.3) is 0 Å². The number of amides is 3. The van der Waals surface area contributed by atoms with E-state index in [0.29, 0.717) is 12.5 Å². The monoisotopic (exact) mass is 301 g/mol. The fourth-order valence-corrected chi connectivity index (χ4v) is 1.92. The van der Waals surface area contributed by atoms with E-state index >= 15 is 0 Å². The number of likely N-dealkylation sites (N-methyl/N-ethyl adjacent to an activating group) is 1. The van der Waals surface area contributed by atoms with Crippen LogP contribution >= 0.6 is 0 Å². The van der Waals surface area contributed by atoms with Crippen molar-refractivity contribution in [3.8, 4) is 0 Å². The van der Waals surface area contributed by atoms with Gasteiger partial charge in [-0.3, -0.25) is 9.59 Å². The SMILES string of the molecule is CCN(C)C(=O)CNC(=O)NC[C@H](CC(=O)O)CC(C)C. The molecule has 0 aliphatic rings. The molecule has 0 heterocycles. The van der Waals surface area contributed by atoms with Crippen LogP contribution in [0, 0.1) is 11.8 Å². The van der Waals surface area contributed by atoms with Gasteiger partial charge in [0.1, 0.15) is 0 Å². The van der Waals surface area contributed by atoms with Crippen molar-refractivity contribution in [1.29, 1.82) is 0 Å². The Hall–Kier alpha value is -1.79. The summed E-state index contributed by atoms with van der Waals surface area (Å²) in [5, 5.41) is 13.9. The van der Waals surface area contributed by atoms with E-state index in [1.165, 1.54) is 4.90 Å². The third kappa shape index (κ3) is 9.70. The number of carboxylic acids is 1. The topological polar surface area (TPSA) is 98.7 Å². The van der Waals surface area contributed by atoms with Crippen LogP contribution in [-0.2, 0) is 9.59 Å². The third-order valence-electron chi connectivity index (χ3n) is 3.12. The Morgan fingerprint density at radius 1 is 1.19 bits per heavy atom. The summed E-state index contributed by atoms with van der Waals surface area (Å²) < 4.78 is 0. The first-order valence-electron chi connectivity index (χ1n) is 7.23. The molecular weight excluding hydrogens is 274 g/mol. The Kier molecular flexibility index (Phi) is 9.16. The normalized spacial score (nSPS) is 11.9. The summed E-state index contributed by atoms with van der Waals surface area (Å²) in [5.74, 6) is -0.791. The minimum atomic E-state index is -0.873. The van der Waals surface area contributed by atoms with Crippen molar-refractivity contribution in [1.82, 2.24) is 15.5 Å². The Bertz CT molecular complexity index is 358. The molecule has 0 bridgehead atoms. The van der Waals surface area contributed by atoms with Gasteiger partial charge in [0, 0.05) is 26.6 Å². The Balaban J connectivity index is 4.12. The van der Waals surface area contributed by atoms with Crippen LogP contribution in [0.25, 0.3) is 0 Å². The number of rotatable bonds is 9.